The van der Waals surface area contributed by atoms with Gasteiger partial charge in [0.1, 0.15) is 0 Å². The van der Waals surface area contributed by atoms with Gasteiger partial charge in [0.25, 0.3) is 5.91 Å². The van der Waals surface area contributed by atoms with Crippen molar-refractivity contribution in [2.24, 2.45) is 0 Å². The summed E-state index contributed by atoms with van der Waals surface area (Å²) in [6, 6.07) is 20.8. The van der Waals surface area contributed by atoms with Gasteiger partial charge >= 0.3 is 5.63 Å². The first-order chi connectivity index (χ1) is 13.9. The summed E-state index contributed by atoms with van der Waals surface area (Å²) in [5.74, 6) is -0.437. The van der Waals surface area contributed by atoms with Crippen molar-refractivity contribution in [2.45, 2.75) is 20.8 Å². The van der Waals surface area contributed by atoms with E-state index in [9.17, 15) is 9.59 Å². The van der Waals surface area contributed by atoms with Crippen LogP contribution in [0.3, 0.4) is 0 Å². The number of amides is 1. The standard InChI is InChI=1S/C25H21NO3/c1-15-8-11-18(12-9-15)22-19-6-4-5-7-20(19)25(28)29-23(22)24(27)26-21-13-10-16(2)14-17(21)3/h4-14H,1-3H3,(H,26,27). The lowest BCUT2D eigenvalue weighted by Gasteiger charge is -2.13. The van der Waals surface area contributed by atoms with Crippen molar-refractivity contribution in [1.29, 1.82) is 0 Å². The number of hydrogen-bond donors (Lipinski definition) is 1. The summed E-state index contributed by atoms with van der Waals surface area (Å²) in [4.78, 5) is 25.7. The second-order valence-corrected chi connectivity index (χ2v) is 7.28. The zero-order valence-corrected chi connectivity index (χ0v) is 16.6. The van der Waals surface area contributed by atoms with Crippen LogP contribution in [0.4, 0.5) is 5.69 Å². The van der Waals surface area contributed by atoms with Gasteiger partial charge in [-0.25, -0.2) is 4.79 Å². The highest BCUT2D eigenvalue weighted by Gasteiger charge is 2.21. The summed E-state index contributed by atoms with van der Waals surface area (Å²) in [6.07, 6.45) is 0. The molecule has 1 amide bonds. The fourth-order valence-corrected chi connectivity index (χ4v) is 3.50. The number of anilines is 1. The Kier molecular flexibility index (Phi) is 4.77. The third-order valence-corrected chi connectivity index (χ3v) is 5.01. The van der Waals surface area contributed by atoms with Gasteiger partial charge < -0.3 is 9.73 Å². The normalized spacial score (nSPS) is 10.9. The van der Waals surface area contributed by atoms with Gasteiger partial charge in [-0.3, -0.25) is 4.79 Å². The Morgan fingerprint density at radius 1 is 0.828 bits per heavy atom. The van der Waals surface area contributed by atoms with E-state index in [-0.39, 0.29) is 5.76 Å². The van der Waals surface area contributed by atoms with Crippen LogP contribution in [0.1, 0.15) is 27.2 Å². The Bertz CT molecular complexity index is 1280. The van der Waals surface area contributed by atoms with Gasteiger partial charge in [0.2, 0.25) is 5.76 Å². The third kappa shape index (κ3) is 3.57. The molecule has 0 spiro atoms. The Morgan fingerprint density at radius 3 is 2.17 bits per heavy atom. The van der Waals surface area contributed by atoms with Crippen LogP contribution in [-0.2, 0) is 0 Å². The highest BCUT2D eigenvalue weighted by Crippen LogP contribution is 2.31. The molecule has 0 fully saturated rings. The summed E-state index contributed by atoms with van der Waals surface area (Å²) in [5, 5.41) is 4.04. The number of nitrogens with one attached hydrogen (secondary N) is 1. The average molecular weight is 383 g/mol. The lowest BCUT2D eigenvalue weighted by Crippen LogP contribution is -2.17. The van der Waals surface area contributed by atoms with Gasteiger partial charge in [-0.1, -0.05) is 65.7 Å². The van der Waals surface area contributed by atoms with Crippen molar-refractivity contribution < 1.29 is 9.21 Å². The fraction of sp³-hybridized carbons (Fsp3) is 0.120. The van der Waals surface area contributed by atoms with Gasteiger partial charge in [-0.05, 0) is 44.0 Å². The quantitative estimate of drug-likeness (QED) is 0.498. The summed E-state index contributed by atoms with van der Waals surface area (Å²) >= 11 is 0. The van der Waals surface area contributed by atoms with Crippen molar-refractivity contribution in [3.63, 3.8) is 0 Å². The van der Waals surface area contributed by atoms with Crippen LogP contribution >= 0.6 is 0 Å². The number of carbonyl (C=O) groups excluding carboxylic acids is 1. The van der Waals surface area contributed by atoms with E-state index in [0.717, 1.165) is 22.3 Å². The molecule has 1 heterocycles. The predicted octanol–water partition coefficient (Wildman–Crippen LogP) is 5.64. The van der Waals surface area contributed by atoms with Crippen LogP contribution in [-0.4, -0.2) is 5.91 Å². The number of rotatable bonds is 3. The average Bonchev–Trinajstić information content (AvgIpc) is 2.71. The third-order valence-electron chi connectivity index (χ3n) is 5.01. The lowest BCUT2D eigenvalue weighted by molar-refractivity contribution is 0.0994. The van der Waals surface area contributed by atoms with E-state index < -0.39 is 11.5 Å². The first kappa shape index (κ1) is 18.7. The molecule has 0 aliphatic heterocycles. The van der Waals surface area contributed by atoms with Gasteiger partial charge in [0.05, 0.1) is 5.39 Å². The molecule has 0 aliphatic rings. The molecule has 4 heteroatoms. The second-order valence-electron chi connectivity index (χ2n) is 7.28. The van der Waals surface area contributed by atoms with Crippen LogP contribution in [0.2, 0.25) is 0 Å². The highest BCUT2D eigenvalue weighted by atomic mass is 16.4. The fourth-order valence-electron chi connectivity index (χ4n) is 3.50. The molecule has 1 aromatic heterocycles. The topological polar surface area (TPSA) is 59.3 Å². The Hall–Kier alpha value is -3.66. The molecule has 1 N–H and O–H groups in total. The summed E-state index contributed by atoms with van der Waals surface area (Å²) in [7, 11) is 0. The highest BCUT2D eigenvalue weighted by molar-refractivity contribution is 6.12. The molecule has 0 saturated carbocycles. The molecule has 4 aromatic rings. The zero-order valence-electron chi connectivity index (χ0n) is 16.6. The van der Waals surface area contributed by atoms with Crippen LogP contribution in [0.15, 0.2) is 75.9 Å². The number of carbonyl (C=O) groups is 1. The largest absolute Gasteiger partial charge is 0.416 e. The second kappa shape index (κ2) is 7.40. The lowest BCUT2D eigenvalue weighted by atomic mass is 9.97. The van der Waals surface area contributed by atoms with Gasteiger partial charge in [-0.2, -0.15) is 0 Å². The Balaban J connectivity index is 1.91. The summed E-state index contributed by atoms with van der Waals surface area (Å²) in [6.45, 7) is 5.93. The molecule has 29 heavy (non-hydrogen) atoms. The molecule has 0 bridgehead atoms. The van der Waals surface area contributed by atoms with Crippen molar-refractivity contribution in [2.75, 3.05) is 5.32 Å². The minimum Gasteiger partial charge on any atom is -0.416 e. The Morgan fingerprint density at radius 2 is 1.48 bits per heavy atom. The van der Waals surface area contributed by atoms with Gasteiger partial charge in [0.15, 0.2) is 0 Å². The zero-order chi connectivity index (χ0) is 20.5. The predicted molar refractivity (Wildman–Crippen MR) is 117 cm³/mol. The van der Waals surface area contributed by atoms with Gasteiger partial charge in [0, 0.05) is 16.6 Å². The summed E-state index contributed by atoms with van der Waals surface area (Å²) < 4.78 is 5.54. The minimum atomic E-state index is -0.526. The molecular formula is C25H21NO3. The van der Waals surface area contributed by atoms with E-state index in [2.05, 4.69) is 5.32 Å². The molecule has 0 radical (unpaired) electrons. The number of aryl methyl sites for hydroxylation is 3. The monoisotopic (exact) mass is 383 g/mol. The van der Waals surface area contributed by atoms with Crippen molar-refractivity contribution in [3.05, 3.63) is 99.6 Å². The molecular weight excluding hydrogens is 362 g/mol. The molecule has 0 atom stereocenters. The number of hydrogen-bond acceptors (Lipinski definition) is 3. The van der Waals surface area contributed by atoms with Crippen LogP contribution in [0.25, 0.3) is 21.9 Å². The van der Waals surface area contributed by atoms with Crippen LogP contribution in [0.5, 0.6) is 0 Å². The molecule has 4 rings (SSSR count). The molecule has 144 valence electrons. The van der Waals surface area contributed by atoms with Crippen LogP contribution < -0.4 is 10.9 Å². The number of benzene rings is 3. The summed E-state index contributed by atoms with van der Waals surface area (Å²) in [5.41, 5.74) is 4.76. The number of fused-ring (bicyclic) bond motifs is 1. The SMILES string of the molecule is Cc1ccc(-c2c(C(=O)Nc3ccc(C)cc3C)oc(=O)c3ccccc23)cc1. The molecule has 3 aromatic carbocycles. The maximum Gasteiger partial charge on any atom is 0.344 e. The van der Waals surface area contributed by atoms with E-state index in [1.807, 2.05) is 75.4 Å². The van der Waals surface area contributed by atoms with Crippen molar-refractivity contribution in [3.8, 4) is 11.1 Å². The maximum absolute atomic E-state index is 13.2. The first-order valence-electron chi connectivity index (χ1n) is 9.45. The van der Waals surface area contributed by atoms with E-state index in [0.29, 0.717) is 22.0 Å². The smallest absolute Gasteiger partial charge is 0.344 e. The Labute approximate surface area is 168 Å². The van der Waals surface area contributed by atoms with Crippen molar-refractivity contribution >= 4 is 22.4 Å². The minimum absolute atomic E-state index is 0.0116. The molecule has 0 saturated heterocycles. The van der Waals surface area contributed by atoms with E-state index in [4.69, 9.17) is 4.42 Å². The van der Waals surface area contributed by atoms with Gasteiger partial charge in [-0.15, -0.1) is 0 Å². The van der Waals surface area contributed by atoms with Crippen LogP contribution in [0, 0.1) is 20.8 Å². The van der Waals surface area contributed by atoms with E-state index >= 15 is 0 Å². The molecule has 0 aliphatic carbocycles. The first-order valence-corrected chi connectivity index (χ1v) is 9.45. The molecule has 0 unspecified atom stereocenters. The van der Waals surface area contributed by atoms with E-state index in [1.54, 1.807) is 12.1 Å². The maximum atomic E-state index is 13.2. The van der Waals surface area contributed by atoms with E-state index in [1.165, 1.54) is 0 Å². The molecule has 4 nitrogen and oxygen atoms in total. The van der Waals surface area contributed by atoms with Crippen molar-refractivity contribution in [1.82, 2.24) is 0 Å².